The predicted molar refractivity (Wildman–Crippen MR) is 44.4 cm³/mol. The summed E-state index contributed by atoms with van der Waals surface area (Å²) in [5.41, 5.74) is 1.50. The van der Waals surface area contributed by atoms with E-state index < -0.39 is 0 Å². The van der Waals surface area contributed by atoms with Gasteiger partial charge in [0.15, 0.2) is 0 Å². The molecule has 0 N–H and O–H groups in total. The molecule has 0 amide bonds. The van der Waals surface area contributed by atoms with Gasteiger partial charge in [-0.25, -0.2) is 4.79 Å². The maximum Gasteiger partial charge on any atom is 0.240 e. The molecule has 0 saturated carbocycles. The summed E-state index contributed by atoms with van der Waals surface area (Å²) in [4.78, 5) is 23.4. The fourth-order valence-corrected chi connectivity index (χ4v) is 0.824. The van der Waals surface area contributed by atoms with Crippen molar-refractivity contribution < 1.29 is 4.79 Å². The second-order valence-corrected chi connectivity index (χ2v) is 2.27. The number of rotatable bonds is 2. The first-order valence-corrected chi connectivity index (χ1v) is 3.30. The highest BCUT2D eigenvalue weighted by Gasteiger charge is 1.98. The molecular weight excluding hydrogens is 156 g/mol. The van der Waals surface area contributed by atoms with E-state index in [0.717, 1.165) is 5.56 Å². The first-order chi connectivity index (χ1) is 5.77. The third kappa shape index (κ3) is 1.62. The van der Waals surface area contributed by atoms with E-state index in [1.807, 2.05) is 0 Å². The summed E-state index contributed by atoms with van der Waals surface area (Å²) < 4.78 is 0. The van der Waals surface area contributed by atoms with E-state index in [9.17, 15) is 9.70 Å². The molecule has 0 fully saturated rings. The Hall–Kier alpha value is -1.80. The number of aryl methyl sites for hydroxylation is 1. The van der Waals surface area contributed by atoms with Crippen molar-refractivity contribution in [2.45, 2.75) is 6.92 Å². The SMILES string of the molecule is Cc1ccc(N=O)cc1N=C=O. The summed E-state index contributed by atoms with van der Waals surface area (Å²) in [6.07, 6.45) is 1.41. The van der Waals surface area contributed by atoms with Gasteiger partial charge >= 0.3 is 0 Å². The van der Waals surface area contributed by atoms with Crippen molar-refractivity contribution in [3.05, 3.63) is 28.7 Å². The molecule has 4 nitrogen and oxygen atoms in total. The Labute approximate surface area is 68.9 Å². The Kier molecular flexibility index (Phi) is 2.46. The van der Waals surface area contributed by atoms with E-state index >= 15 is 0 Å². The maximum absolute atomic E-state index is 10.1. The summed E-state index contributed by atoms with van der Waals surface area (Å²) in [5, 5.41) is 2.71. The smallest absolute Gasteiger partial charge is 0.211 e. The summed E-state index contributed by atoms with van der Waals surface area (Å²) in [5.74, 6) is 0. The lowest BCUT2D eigenvalue weighted by molar-refractivity contribution is 0.565. The number of hydrogen-bond donors (Lipinski definition) is 0. The highest BCUT2D eigenvalue weighted by atomic mass is 16.3. The molecule has 0 radical (unpaired) electrons. The molecule has 0 aliphatic heterocycles. The van der Waals surface area contributed by atoms with Gasteiger partial charge in [-0.3, -0.25) is 0 Å². The average Bonchev–Trinajstić information content (AvgIpc) is 2.09. The average molecular weight is 162 g/mol. The van der Waals surface area contributed by atoms with Gasteiger partial charge in [-0.2, -0.15) is 4.99 Å². The molecule has 0 unspecified atom stereocenters. The molecule has 12 heavy (non-hydrogen) atoms. The van der Waals surface area contributed by atoms with Crippen molar-refractivity contribution in [3.63, 3.8) is 0 Å². The van der Waals surface area contributed by atoms with Crippen LogP contribution in [0.4, 0.5) is 11.4 Å². The van der Waals surface area contributed by atoms with Crippen LogP contribution in [0.2, 0.25) is 0 Å². The molecule has 0 aliphatic carbocycles. The van der Waals surface area contributed by atoms with Crippen LogP contribution in [0.3, 0.4) is 0 Å². The topological polar surface area (TPSA) is 58.9 Å². The first-order valence-electron chi connectivity index (χ1n) is 3.30. The summed E-state index contributed by atoms with van der Waals surface area (Å²) >= 11 is 0. The zero-order valence-corrected chi connectivity index (χ0v) is 6.44. The Morgan fingerprint density at radius 2 is 2.17 bits per heavy atom. The third-order valence-corrected chi connectivity index (χ3v) is 1.46. The van der Waals surface area contributed by atoms with Gasteiger partial charge in [0, 0.05) is 0 Å². The maximum atomic E-state index is 10.1. The highest BCUT2D eigenvalue weighted by molar-refractivity contribution is 5.59. The van der Waals surface area contributed by atoms with Crippen molar-refractivity contribution in [1.29, 1.82) is 0 Å². The minimum Gasteiger partial charge on any atom is -0.211 e. The number of aliphatic imine (C=N–C) groups is 1. The lowest BCUT2D eigenvalue weighted by atomic mass is 10.2. The van der Waals surface area contributed by atoms with Crippen LogP contribution in [-0.2, 0) is 4.79 Å². The number of benzene rings is 1. The van der Waals surface area contributed by atoms with E-state index in [0.29, 0.717) is 5.69 Å². The summed E-state index contributed by atoms with van der Waals surface area (Å²) in [6, 6.07) is 4.67. The van der Waals surface area contributed by atoms with E-state index in [-0.39, 0.29) is 5.69 Å². The van der Waals surface area contributed by atoms with E-state index in [1.54, 1.807) is 19.1 Å². The summed E-state index contributed by atoms with van der Waals surface area (Å²) in [6.45, 7) is 1.78. The zero-order valence-electron chi connectivity index (χ0n) is 6.44. The molecule has 60 valence electrons. The minimum absolute atomic E-state index is 0.259. The fraction of sp³-hybridized carbons (Fsp3) is 0.125. The quantitative estimate of drug-likeness (QED) is 0.380. The van der Waals surface area contributed by atoms with Crippen LogP contribution in [0.5, 0.6) is 0 Å². The molecule has 1 aromatic rings. The molecule has 1 aromatic carbocycles. The highest BCUT2D eigenvalue weighted by Crippen LogP contribution is 2.23. The number of isocyanates is 1. The molecule has 0 atom stereocenters. The van der Waals surface area contributed by atoms with Gasteiger partial charge in [-0.05, 0) is 29.8 Å². The number of nitroso groups, excluding NO2 is 1. The second-order valence-electron chi connectivity index (χ2n) is 2.27. The Bertz CT molecular complexity index is 354. The van der Waals surface area contributed by atoms with Crippen molar-refractivity contribution in [2.24, 2.45) is 10.2 Å². The standard InChI is InChI=1S/C8H6N2O2/c1-6-2-3-7(10-12)4-8(6)9-5-11/h2-4H,1H3. The monoisotopic (exact) mass is 162 g/mol. The van der Waals surface area contributed by atoms with Gasteiger partial charge < -0.3 is 0 Å². The predicted octanol–water partition coefficient (Wildman–Crippen LogP) is 2.36. The molecule has 0 saturated heterocycles. The van der Waals surface area contributed by atoms with Crippen molar-refractivity contribution in [1.82, 2.24) is 0 Å². The van der Waals surface area contributed by atoms with Crippen LogP contribution >= 0.6 is 0 Å². The van der Waals surface area contributed by atoms with Gasteiger partial charge in [0.25, 0.3) is 0 Å². The van der Waals surface area contributed by atoms with E-state index in [2.05, 4.69) is 10.2 Å². The number of carbonyl (C=O) groups excluding carboxylic acids is 1. The Balaban J connectivity index is 3.25. The normalized spacial score (nSPS) is 8.75. The van der Waals surface area contributed by atoms with Gasteiger partial charge in [-0.15, -0.1) is 4.91 Å². The Morgan fingerprint density at radius 1 is 1.42 bits per heavy atom. The van der Waals surface area contributed by atoms with Gasteiger partial charge in [0.1, 0.15) is 5.69 Å². The number of hydrogen-bond acceptors (Lipinski definition) is 4. The molecular formula is C8H6N2O2. The zero-order chi connectivity index (χ0) is 8.97. The van der Waals surface area contributed by atoms with Gasteiger partial charge in [0.05, 0.1) is 5.69 Å². The molecule has 0 spiro atoms. The van der Waals surface area contributed by atoms with Crippen LogP contribution in [0, 0.1) is 11.8 Å². The molecule has 0 bridgehead atoms. The Morgan fingerprint density at radius 3 is 2.75 bits per heavy atom. The third-order valence-electron chi connectivity index (χ3n) is 1.46. The number of nitrogens with zero attached hydrogens (tertiary/aromatic N) is 2. The van der Waals surface area contributed by atoms with E-state index in [1.165, 1.54) is 12.1 Å². The van der Waals surface area contributed by atoms with Crippen LogP contribution in [0.15, 0.2) is 28.4 Å². The molecule has 4 heteroatoms. The molecule has 0 aromatic heterocycles. The minimum atomic E-state index is 0.259. The van der Waals surface area contributed by atoms with Crippen LogP contribution < -0.4 is 0 Å². The van der Waals surface area contributed by atoms with Crippen LogP contribution in [0.1, 0.15) is 5.56 Å². The largest absolute Gasteiger partial charge is 0.240 e. The van der Waals surface area contributed by atoms with E-state index in [4.69, 9.17) is 0 Å². The van der Waals surface area contributed by atoms with Crippen molar-refractivity contribution >= 4 is 17.5 Å². The van der Waals surface area contributed by atoms with Crippen LogP contribution in [0.25, 0.3) is 0 Å². The second kappa shape index (κ2) is 3.55. The molecule has 1 rings (SSSR count). The lowest BCUT2D eigenvalue weighted by Crippen LogP contribution is -1.72. The van der Waals surface area contributed by atoms with Crippen molar-refractivity contribution in [2.75, 3.05) is 0 Å². The van der Waals surface area contributed by atoms with Gasteiger partial charge in [0.2, 0.25) is 6.08 Å². The van der Waals surface area contributed by atoms with Crippen molar-refractivity contribution in [3.8, 4) is 0 Å². The fourth-order valence-electron chi connectivity index (χ4n) is 0.824. The van der Waals surface area contributed by atoms with Gasteiger partial charge in [-0.1, -0.05) is 6.07 Å². The van der Waals surface area contributed by atoms with Crippen LogP contribution in [-0.4, -0.2) is 6.08 Å². The first kappa shape index (κ1) is 8.30. The molecule has 0 aliphatic rings. The molecule has 0 heterocycles. The lowest BCUT2D eigenvalue weighted by Gasteiger charge is -1.96. The summed E-state index contributed by atoms with van der Waals surface area (Å²) in [7, 11) is 0.